The zero-order valence-corrected chi connectivity index (χ0v) is 12.8. The van der Waals surface area contributed by atoms with Crippen LogP contribution in [0.2, 0.25) is 0 Å². The first-order chi connectivity index (χ1) is 10.7. The third kappa shape index (κ3) is 3.37. The van der Waals surface area contributed by atoms with Gasteiger partial charge in [-0.3, -0.25) is 4.85 Å². The lowest BCUT2D eigenvalue weighted by atomic mass is 10.1. The van der Waals surface area contributed by atoms with Gasteiger partial charge in [0.15, 0.2) is 0 Å². The molecule has 120 valence electrons. The Hall–Kier alpha value is -2.33. The summed E-state index contributed by atoms with van der Waals surface area (Å²) >= 11 is 0. The van der Waals surface area contributed by atoms with Crippen LogP contribution in [0.1, 0.15) is 22.1 Å². The molecule has 0 bridgehead atoms. The number of nitrogens with zero attached hydrogens (tertiary/aromatic N) is 1. The van der Waals surface area contributed by atoms with Crippen molar-refractivity contribution in [3.05, 3.63) is 76.6 Å². The normalized spacial score (nSPS) is 13.3. The summed E-state index contributed by atoms with van der Waals surface area (Å²) in [7, 11) is -4.26. The number of alkyl halides is 3. The SMILES string of the molecule is [C-]#[N+]C(c1ccccc1C(F)(F)F)S(=O)(=O)c1ccc(C)cc1. The van der Waals surface area contributed by atoms with Crippen molar-refractivity contribution < 1.29 is 21.6 Å². The molecule has 0 saturated heterocycles. The van der Waals surface area contributed by atoms with E-state index in [2.05, 4.69) is 4.85 Å². The lowest BCUT2D eigenvalue weighted by Crippen LogP contribution is -2.16. The average molecular weight is 339 g/mol. The molecule has 0 heterocycles. The number of benzene rings is 2. The van der Waals surface area contributed by atoms with Gasteiger partial charge in [-0.25, -0.2) is 15.0 Å². The molecule has 2 aromatic carbocycles. The molecule has 0 aliphatic rings. The second kappa shape index (κ2) is 6.05. The molecule has 0 saturated carbocycles. The van der Waals surface area contributed by atoms with Gasteiger partial charge in [-0.2, -0.15) is 13.2 Å². The van der Waals surface area contributed by atoms with Crippen molar-refractivity contribution >= 4 is 9.84 Å². The third-order valence-electron chi connectivity index (χ3n) is 3.29. The van der Waals surface area contributed by atoms with E-state index in [-0.39, 0.29) is 4.90 Å². The first kappa shape index (κ1) is 17.0. The molecular formula is C16H12F3NO2S. The first-order valence-corrected chi connectivity index (χ1v) is 8.06. The molecule has 7 heteroatoms. The number of hydrogen-bond donors (Lipinski definition) is 0. The van der Waals surface area contributed by atoms with Crippen LogP contribution in [0.4, 0.5) is 13.2 Å². The monoisotopic (exact) mass is 339 g/mol. The van der Waals surface area contributed by atoms with Gasteiger partial charge >= 0.3 is 11.6 Å². The summed E-state index contributed by atoms with van der Waals surface area (Å²) in [5.41, 5.74) is -0.869. The molecule has 0 N–H and O–H groups in total. The van der Waals surface area contributed by atoms with Gasteiger partial charge in [0.05, 0.1) is 16.0 Å². The van der Waals surface area contributed by atoms with E-state index < -0.39 is 32.5 Å². The third-order valence-corrected chi connectivity index (χ3v) is 5.17. The lowest BCUT2D eigenvalue weighted by molar-refractivity contribution is -0.138. The Morgan fingerprint density at radius 2 is 1.61 bits per heavy atom. The van der Waals surface area contributed by atoms with Crippen molar-refractivity contribution in [2.75, 3.05) is 0 Å². The van der Waals surface area contributed by atoms with E-state index in [1.165, 1.54) is 30.3 Å². The van der Waals surface area contributed by atoms with Crippen LogP contribution in [0.3, 0.4) is 0 Å². The van der Waals surface area contributed by atoms with Gasteiger partial charge in [0, 0.05) is 0 Å². The maximum absolute atomic E-state index is 13.1. The average Bonchev–Trinajstić information content (AvgIpc) is 2.47. The Morgan fingerprint density at radius 3 is 2.13 bits per heavy atom. The Balaban J connectivity index is 2.62. The highest BCUT2D eigenvalue weighted by molar-refractivity contribution is 7.91. The molecule has 2 aromatic rings. The van der Waals surface area contributed by atoms with E-state index >= 15 is 0 Å². The molecule has 0 amide bonds. The van der Waals surface area contributed by atoms with Crippen LogP contribution in [0, 0.1) is 13.5 Å². The maximum Gasteiger partial charge on any atom is 0.417 e. The van der Waals surface area contributed by atoms with Gasteiger partial charge in [0.25, 0.3) is 9.84 Å². The molecule has 0 fully saturated rings. The summed E-state index contributed by atoms with van der Waals surface area (Å²) < 4.78 is 64.4. The van der Waals surface area contributed by atoms with E-state index in [0.29, 0.717) is 0 Å². The van der Waals surface area contributed by atoms with Crippen LogP contribution in [-0.4, -0.2) is 8.42 Å². The van der Waals surface area contributed by atoms with Crippen LogP contribution >= 0.6 is 0 Å². The smallest absolute Gasteiger partial charge is 0.291 e. The van der Waals surface area contributed by atoms with Gasteiger partial charge in [0.2, 0.25) is 0 Å². The number of sulfone groups is 1. The molecule has 3 nitrogen and oxygen atoms in total. The summed E-state index contributed by atoms with van der Waals surface area (Å²) in [6.45, 7) is 8.88. The first-order valence-electron chi connectivity index (χ1n) is 6.51. The quantitative estimate of drug-likeness (QED) is 0.777. The predicted molar refractivity (Wildman–Crippen MR) is 79.2 cm³/mol. The summed E-state index contributed by atoms with van der Waals surface area (Å²) in [4.78, 5) is 2.79. The zero-order valence-electron chi connectivity index (χ0n) is 12.0. The van der Waals surface area contributed by atoms with Crippen molar-refractivity contribution in [2.24, 2.45) is 0 Å². The van der Waals surface area contributed by atoms with Crippen LogP contribution in [0.5, 0.6) is 0 Å². The van der Waals surface area contributed by atoms with Crippen molar-refractivity contribution in [2.45, 2.75) is 23.4 Å². The largest absolute Gasteiger partial charge is 0.417 e. The highest BCUT2D eigenvalue weighted by atomic mass is 32.2. The molecule has 23 heavy (non-hydrogen) atoms. The number of halogens is 3. The molecule has 1 unspecified atom stereocenters. The van der Waals surface area contributed by atoms with Gasteiger partial charge in [-0.1, -0.05) is 29.8 Å². The fourth-order valence-electron chi connectivity index (χ4n) is 2.13. The number of aryl methyl sites for hydroxylation is 1. The van der Waals surface area contributed by atoms with Gasteiger partial charge < -0.3 is 0 Å². The number of rotatable bonds is 3. The van der Waals surface area contributed by atoms with Crippen molar-refractivity contribution in [1.29, 1.82) is 0 Å². The van der Waals surface area contributed by atoms with Crippen molar-refractivity contribution in [3.8, 4) is 0 Å². The van der Waals surface area contributed by atoms with E-state index in [0.717, 1.165) is 23.8 Å². The maximum atomic E-state index is 13.1. The molecule has 0 aromatic heterocycles. The summed E-state index contributed by atoms with van der Waals surface area (Å²) in [5, 5.41) is -1.94. The van der Waals surface area contributed by atoms with Gasteiger partial charge in [-0.15, -0.1) is 0 Å². The Labute approximate surface area is 132 Å². The van der Waals surface area contributed by atoms with Crippen LogP contribution < -0.4 is 0 Å². The van der Waals surface area contributed by atoms with E-state index in [9.17, 15) is 21.6 Å². The van der Waals surface area contributed by atoms with Gasteiger partial charge in [-0.05, 0) is 31.2 Å². The molecule has 0 aliphatic heterocycles. The highest BCUT2D eigenvalue weighted by Crippen LogP contribution is 2.39. The van der Waals surface area contributed by atoms with Crippen LogP contribution in [0.15, 0.2) is 53.4 Å². The predicted octanol–water partition coefficient (Wildman–Crippen LogP) is 4.41. The Morgan fingerprint density at radius 1 is 1.04 bits per heavy atom. The molecule has 0 radical (unpaired) electrons. The van der Waals surface area contributed by atoms with Gasteiger partial charge in [0.1, 0.15) is 0 Å². The Kier molecular flexibility index (Phi) is 4.48. The van der Waals surface area contributed by atoms with Crippen LogP contribution in [-0.2, 0) is 16.0 Å². The highest BCUT2D eigenvalue weighted by Gasteiger charge is 2.42. The fraction of sp³-hybridized carbons (Fsp3) is 0.188. The van der Waals surface area contributed by atoms with Crippen molar-refractivity contribution in [1.82, 2.24) is 0 Å². The van der Waals surface area contributed by atoms with Crippen LogP contribution in [0.25, 0.3) is 4.85 Å². The molecule has 0 spiro atoms. The second-order valence-corrected chi connectivity index (χ2v) is 6.93. The summed E-state index contributed by atoms with van der Waals surface area (Å²) in [6.07, 6.45) is -4.73. The summed E-state index contributed by atoms with van der Waals surface area (Å²) in [5.74, 6) is 0. The molecule has 1 atom stereocenters. The lowest BCUT2D eigenvalue weighted by Gasteiger charge is -2.14. The number of hydrogen-bond acceptors (Lipinski definition) is 2. The fourth-order valence-corrected chi connectivity index (χ4v) is 3.59. The molecular weight excluding hydrogens is 327 g/mol. The summed E-state index contributed by atoms with van der Waals surface area (Å²) in [6, 6.07) is 9.89. The van der Waals surface area contributed by atoms with E-state index in [1.54, 1.807) is 6.92 Å². The van der Waals surface area contributed by atoms with E-state index in [4.69, 9.17) is 6.57 Å². The zero-order chi connectivity index (χ0) is 17.3. The minimum absolute atomic E-state index is 0.180. The molecule has 0 aliphatic carbocycles. The standard InChI is InChI=1S/C16H12F3NO2S/c1-11-7-9-12(10-8-11)23(21,22)15(20-2)13-5-3-4-6-14(13)16(17,18)19/h3-10,15H,1H3. The topological polar surface area (TPSA) is 38.5 Å². The molecule has 2 rings (SSSR count). The minimum Gasteiger partial charge on any atom is -0.291 e. The minimum atomic E-state index is -4.73. The Bertz CT molecular complexity index is 850. The van der Waals surface area contributed by atoms with E-state index in [1.807, 2.05) is 0 Å². The van der Waals surface area contributed by atoms with Crippen molar-refractivity contribution in [3.63, 3.8) is 0 Å². The second-order valence-electron chi connectivity index (χ2n) is 4.92.